The third-order valence-corrected chi connectivity index (χ3v) is 3.14. The maximum absolute atomic E-state index is 9.00. The third kappa shape index (κ3) is 3.26. The summed E-state index contributed by atoms with van der Waals surface area (Å²) in [6.07, 6.45) is 0. The first-order valence-corrected chi connectivity index (χ1v) is 5.75. The molecule has 15 heavy (non-hydrogen) atoms. The molecule has 1 aromatic rings. The fraction of sp³-hybridized carbons (Fsp3) is 0.273. The molecule has 1 rings (SSSR count). The first-order valence-electron chi connectivity index (χ1n) is 4.39. The van der Waals surface area contributed by atoms with Crippen molar-refractivity contribution < 1.29 is 0 Å². The number of pyridine rings is 1. The molecule has 0 aromatic carbocycles. The predicted octanol–water partition coefficient (Wildman–Crippen LogP) is 3.41. The van der Waals surface area contributed by atoms with E-state index >= 15 is 0 Å². The summed E-state index contributed by atoms with van der Waals surface area (Å²) in [4.78, 5) is 4.32. The van der Waals surface area contributed by atoms with Gasteiger partial charge in [-0.25, -0.2) is 4.98 Å². The van der Waals surface area contributed by atoms with Crippen molar-refractivity contribution >= 4 is 23.4 Å². The minimum Gasteiger partial charge on any atom is -0.245 e. The highest BCUT2D eigenvalue weighted by Crippen LogP contribution is 2.25. The summed E-state index contributed by atoms with van der Waals surface area (Å²) >= 11 is 7.12. The van der Waals surface area contributed by atoms with E-state index in [9.17, 15) is 0 Å². The molecular formula is C11H11ClN2S. The monoisotopic (exact) mass is 238 g/mol. The molecule has 0 radical (unpaired) electrons. The number of rotatable bonds is 3. The Hall–Kier alpha value is -0.980. The molecule has 0 bridgehead atoms. The zero-order valence-electron chi connectivity index (χ0n) is 8.67. The van der Waals surface area contributed by atoms with Gasteiger partial charge in [0.15, 0.2) is 0 Å². The fourth-order valence-corrected chi connectivity index (χ4v) is 2.21. The van der Waals surface area contributed by atoms with Crippen molar-refractivity contribution in [3.8, 4) is 6.07 Å². The van der Waals surface area contributed by atoms with Crippen molar-refractivity contribution in [3.63, 3.8) is 0 Å². The summed E-state index contributed by atoms with van der Waals surface area (Å²) in [5.41, 5.74) is 2.49. The first-order chi connectivity index (χ1) is 7.04. The van der Waals surface area contributed by atoms with Crippen LogP contribution in [0.1, 0.15) is 16.8 Å². The number of halogens is 1. The summed E-state index contributed by atoms with van der Waals surface area (Å²) in [5, 5.41) is 10.3. The largest absolute Gasteiger partial charge is 0.245 e. The van der Waals surface area contributed by atoms with Crippen LogP contribution in [0, 0.1) is 25.2 Å². The van der Waals surface area contributed by atoms with Crippen molar-refractivity contribution in [3.05, 3.63) is 34.5 Å². The van der Waals surface area contributed by atoms with E-state index in [4.69, 9.17) is 16.9 Å². The standard InChI is InChI=1S/C11H11ClN2S/c1-7-4-9(3)14-11(10(7)5-13)15-6-8(2)12/h4H,2,6H2,1,3H3. The van der Waals surface area contributed by atoms with Gasteiger partial charge in [-0.1, -0.05) is 29.9 Å². The van der Waals surface area contributed by atoms with Crippen LogP contribution in [0.4, 0.5) is 0 Å². The normalized spacial score (nSPS) is 9.73. The molecule has 0 saturated heterocycles. The summed E-state index contributed by atoms with van der Waals surface area (Å²) in [5.74, 6) is 0.576. The Morgan fingerprint density at radius 3 is 2.87 bits per heavy atom. The number of aryl methyl sites for hydroxylation is 2. The van der Waals surface area contributed by atoms with Crippen molar-refractivity contribution in [2.75, 3.05) is 5.75 Å². The van der Waals surface area contributed by atoms with Gasteiger partial charge in [0.2, 0.25) is 0 Å². The predicted molar refractivity (Wildman–Crippen MR) is 64.1 cm³/mol. The van der Waals surface area contributed by atoms with Crippen LogP contribution in [-0.4, -0.2) is 10.7 Å². The number of nitrogens with zero attached hydrogens (tertiary/aromatic N) is 2. The minimum absolute atomic E-state index is 0.560. The van der Waals surface area contributed by atoms with Gasteiger partial charge in [0.25, 0.3) is 0 Å². The van der Waals surface area contributed by atoms with Crippen molar-refractivity contribution in [1.82, 2.24) is 4.98 Å². The molecule has 0 saturated carbocycles. The van der Waals surface area contributed by atoms with Crippen LogP contribution in [0.3, 0.4) is 0 Å². The van der Waals surface area contributed by atoms with E-state index in [0.29, 0.717) is 16.3 Å². The second kappa shape index (κ2) is 5.20. The molecular weight excluding hydrogens is 228 g/mol. The molecule has 0 atom stereocenters. The SMILES string of the molecule is C=C(Cl)CSc1nc(C)cc(C)c1C#N. The zero-order valence-corrected chi connectivity index (χ0v) is 10.2. The molecule has 2 nitrogen and oxygen atoms in total. The summed E-state index contributed by atoms with van der Waals surface area (Å²) in [7, 11) is 0. The highest BCUT2D eigenvalue weighted by Gasteiger charge is 2.08. The highest BCUT2D eigenvalue weighted by molar-refractivity contribution is 7.99. The molecule has 0 unspecified atom stereocenters. The average Bonchev–Trinajstić information content (AvgIpc) is 2.13. The number of hydrogen-bond donors (Lipinski definition) is 0. The molecule has 0 aliphatic heterocycles. The second-order valence-corrected chi connectivity index (χ2v) is 4.68. The van der Waals surface area contributed by atoms with E-state index in [1.807, 2.05) is 19.9 Å². The van der Waals surface area contributed by atoms with Gasteiger partial charge in [0.1, 0.15) is 11.1 Å². The molecule has 0 aliphatic rings. The Kier molecular flexibility index (Phi) is 4.19. The topological polar surface area (TPSA) is 36.7 Å². The fourth-order valence-electron chi connectivity index (χ4n) is 1.19. The molecule has 0 fully saturated rings. The number of thioether (sulfide) groups is 1. The van der Waals surface area contributed by atoms with E-state index in [2.05, 4.69) is 17.6 Å². The average molecular weight is 239 g/mol. The Balaban J connectivity index is 3.05. The number of aromatic nitrogens is 1. The first kappa shape index (κ1) is 12.1. The zero-order chi connectivity index (χ0) is 11.4. The van der Waals surface area contributed by atoms with Gasteiger partial charge in [-0.3, -0.25) is 0 Å². The number of nitriles is 1. The smallest absolute Gasteiger partial charge is 0.115 e. The van der Waals surface area contributed by atoms with Crippen molar-refractivity contribution in [1.29, 1.82) is 5.26 Å². The van der Waals surface area contributed by atoms with Gasteiger partial charge < -0.3 is 0 Å². The third-order valence-electron chi connectivity index (χ3n) is 1.79. The van der Waals surface area contributed by atoms with E-state index < -0.39 is 0 Å². The Labute approximate surface area is 99.0 Å². The Morgan fingerprint density at radius 2 is 2.33 bits per heavy atom. The molecule has 0 aliphatic carbocycles. The molecule has 0 spiro atoms. The molecule has 0 amide bonds. The van der Waals surface area contributed by atoms with E-state index in [1.54, 1.807) is 0 Å². The Bertz CT molecular complexity index is 435. The Morgan fingerprint density at radius 1 is 1.67 bits per heavy atom. The lowest BCUT2D eigenvalue weighted by Gasteiger charge is -2.06. The van der Waals surface area contributed by atoms with Crippen LogP contribution in [0.5, 0.6) is 0 Å². The lowest BCUT2D eigenvalue weighted by Crippen LogP contribution is -1.94. The summed E-state index contributed by atoms with van der Waals surface area (Å²) < 4.78 is 0. The van der Waals surface area contributed by atoms with Crippen molar-refractivity contribution in [2.45, 2.75) is 18.9 Å². The lowest BCUT2D eigenvalue weighted by molar-refractivity contribution is 1.03. The molecule has 1 aromatic heterocycles. The van der Waals surface area contributed by atoms with Gasteiger partial charge in [-0.2, -0.15) is 5.26 Å². The molecule has 4 heteroatoms. The maximum Gasteiger partial charge on any atom is 0.115 e. The number of hydrogen-bond acceptors (Lipinski definition) is 3. The van der Waals surface area contributed by atoms with Gasteiger partial charge in [-0.05, 0) is 25.5 Å². The van der Waals surface area contributed by atoms with E-state index in [-0.39, 0.29) is 0 Å². The van der Waals surface area contributed by atoms with Crippen LogP contribution in [0.2, 0.25) is 0 Å². The minimum atomic E-state index is 0.560. The van der Waals surface area contributed by atoms with Crippen molar-refractivity contribution in [2.24, 2.45) is 0 Å². The van der Waals surface area contributed by atoms with Crippen LogP contribution >= 0.6 is 23.4 Å². The second-order valence-electron chi connectivity index (χ2n) is 3.18. The van der Waals surface area contributed by atoms with Gasteiger partial charge in [0, 0.05) is 16.5 Å². The van der Waals surface area contributed by atoms with Crippen LogP contribution in [0.25, 0.3) is 0 Å². The van der Waals surface area contributed by atoms with Crippen LogP contribution < -0.4 is 0 Å². The van der Waals surface area contributed by atoms with Gasteiger partial charge in [-0.15, -0.1) is 0 Å². The summed E-state index contributed by atoms with van der Waals surface area (Å²) in [6.45, 7) is 7.42. The van der Waals surface area contributed by atoms with E-state index in [1.165, 1.54) is 11.8 Å². The maximum atomic E-state index is 9.00. The molecule has 0 N–H and O–H groups in total. The van der Waals surface area contributed by atoms with Crippen LogP contribution in [0.15, 0.2) is 22.7 Å². The van der Waals surface area contributed by atoms with Crippen LogP contribution in [-0.2, 0) is 0 Å². The molecule has 1 heterocycles. The van der Waals surface area contributed by atoms with Gasteiger partial charge in [0.05, 0.1) is 5.56 Å². The quantitative estimate of drug-likeness (QED) is 0.758. The molecule has 78 valence electrons. The van der Waals surface area contributed by atoms with E-state index in [0.717, 1.165) is 16.3 Å². The summed E-state index contributed by atoms with van der Waals surface area (Å²) in [6, 6.07) is 4.06. The van der Waals surface area contributed by atoms with Gasteiger partial charge >= 0.3 is 0 Å². The lowest BCUT2D eigenvalue weighted by atomic mass is 10.1. The highest BCUT2D eigenvalue weighted by atomic mass is 35.5.